The average Bonchev–Trinajstić information content (AvgIpc) is 2.35. The molecule has 0 radical (unpaired) electrons. The van der Waals surface area contributed by atoms with Gasteiger partial charge in [-0.1, -0.05) is 0 Å². The molecule has 1 aliphatic heterocycles. The number of nitrogens with zero attached hydrogens (tertiary/aromatic N) is 2. The summed E-state index contributed by atoms with van der Waals surface area (Å²) in [5, 5.41) is 21.0. The minimum Gasteiger partial charge on any atom is -0.481 e. The number of piperazine rings is 1. The molecule has 1 rings (SSSR count). The minimum absolute atomic E-state index is 0.0590. The SMILES string of the molecule is CC(C)(O)CN1CCN(CC(=O)NCCCC(=O)O)CC1. The number of β-amino-alcohol motifs (C(OH)–C–C–N with tert-alkyl or cyclic N) is 1. The maximum atomic E-state index is 11.7. The highest BCUT2D eigenvalue weighted by molar-refractivity contribution is 5.78. The van der Waals surface area contributed by atoms with Crippen molar-refractivity contribution in [1.29, 1.82) is 0 Å². The number of rotatable bonds is 8. The number of hydrogen-bond acceptors (Lipinski definition) is 5. The summed E-state index contributed by atoms with van der Waals surface area (Å²) in [5.74, 6) is -0.900. The van der Waals surface area contributed by atoms with Gasteiger partial charge in [-0.2, -0.15) is 0 Å². The van der Waals surface area contributed by atoms with Crippen molar-refractivity contribution in [2.45, 2.75) is 32.3 Å². The van der Waals surface area contributed by atoms with Crippen LogP contribution in [0.2, 0.25) is 0 Å². The Morgan fingerprint density at radius 3 is 2.24 bits per heavy atom. The molecule has 3 N–H and O–H groups in total. The van der Waals surface area contributed by atoms with Crippen LogP contribution in [0.25, 0.3) is 0 Å². The Morgan fingerprint density at radius 1 is 1.14 bits per heavy atom. The lowest BCUT2D eigenvalue weighted by atomic mass is 10.1. The van der Waals surface area contributed by atoms with Crippen molar-refractivity contribution in [3.63, 3.8) is 0 Å². The fourth-order valence-corrected chi connectivity index (χ4v) is 2.38. The number of carboxylic acid groups (broad SMARTS) is 1. The summed E-state index contributed by atoms with van der Waals surface area (Å²) < 4.78 is 0. The molecule has 0 spiro atoms. The second kappa shape index (κ2) is 8.31. The molecule has 1 heterocycles. The Balaban J connectivity index is 2.14. The van der Waals surface area contributed by atoms with Gasteiger partial charge in [0.15, 0.2) is 0 Å². The first-order chi connectivity index (χ1) is 9.76. The van der Waals surface area contributed by atoms with Gasteiger partial charge in [0.1, 0.15) is 0 Å². The van der Waals surface area contributed by atoms with Crippen LogP contribution in [0.3, 0.4) is 0 Å². The van der Waals surface area contributed by atoms with E-state index in [2.05, 4.69) is 15.1 Å². The zero-order valence-corrected chi connectivity index (χ0v) is 13.0. The number of aliphatic carboxylic acids is 1. The molecule has 0 unspecified atom stereocenters. The van der Waals surface area contributed by atoms with Gasteiger partial charge in [0.05, 0.1) is 12.1 Å². The highest BCUT2D eigenvalue weighted by Gasteiger charge is 2.23. The van der Waals surface area contributed by atoms with Crippen molar-refractivity contribution in [2.75, 3.05) is 45.8 Å². The fraction of sp³-hybridized carbons (Fsp3) is 0.857. The molecular formula is C14H27N3O4. The number of amides is 1. The summed E-state index contributed by atoms with van der Waals surface area (Å²) >= 11 is 0. The third kappa shape index (κ3) is 8.64. The number of carboxylic acids is 1. The molecule has 1 fully saturated rings. The van der Waals surface area contributed by atoms with Crippen LogP contribution in [0.4, 0.5) is 0 Å². The predicted molar refractivity (Wildman–Crippen MR) is 79.1 cm³/mol. The van der Waals surface area contributed by atoms with Gasteiger partial charge in [-0.25, -0.2) is 0 Å². The number of carbonyl (C=O) groups excluding carboxylic acids is 1. The molecule has 21 heavy (non-hydrogen) atoms. The minimum atomic E-state index is -0.841. The Hall–Kier alpha value is -1.18. The quantitative estimate of drug-likeness (QED) is 0.516. The maximum absolute atomic E-state index is 11.7. The summed E-state index contributed by atoms with van der Waals surface area (Å²) in [6.07, 6.45) is 0.538. The Bertz CT molecular complexity index is 347. The predicted octanol–water partition coefficient (Wildman–Crippen LogP) is -0.644. The maximum Gasteiger partial charge on any atom is 0.303 e. The molecule has 0 saturated carbocycles. The van der Waals surface area contributed by atoms with Crippen LogP contribution < -0.4 is 5.32 Å². The van der Waals surface area contributed by atoms with Crippen molar-refractivity contribution in [2.24, 2.45) is 0 Å². The zero-order chi connectivity index (χ0) is 15.9. The van der Waals surface area contributed by atoms with Crippen LogP contribution in [-0.4, -0.2) is 83.3 Å². The molecule has 122 valence electrons. The van der Waals surface area contributed by atoms with Gasteiger partial charge in [0.2, 0.25) is 5.91 Å². The summed E-state index contributed by atoms with van der Waals surface area (Å²) in [6, 6.07) is 0. The molecule has 0 bridgehead atoms. The highest BCUT2D eigenvalue weighted by atomic mass is 16.4. The van der Waals surface area contributed by atoms with E-state index in [0.29, 0.717) is 26.1 Å². The van der Waals surface area contributed by atoms with Crippen LogP contribution in [-0.2, 0) is 9.59 Å². The number of hydrogen-bond donors (Lipinski definition) is 3. The molecule has 1 aliphatic rings. The normalized spacial score (nSPS) is 17.7. The van der Waals surface area contributed by atoms with Crippen molar-refractivity contribution >= 4 is 11.9 Å². The van der Waals surface area contributed by atoms with E-state index >= 15 is 0 Å². The zero-order valence-electron chi connectivity index (χ0n) is 13.0. The average molecular weight is 301 g/mol. The van der Waals surface area contributed by atoms with Crippen LogP contribution in [0.1, 0.15) is 26.7 Å². The molecular weight excluding hydrogens is 274 g/mol. The lowest BCUT2D eigenvalue weighted by Crippen LogP contribution is -2.52. The van der Waals surface area contributed by atoms with Gasteiger partial charge < -0.3 is 15.5 Å². The summed E-state index contributed by atoms with van der Waals surface area (Å²) in [6.45, 7) is 8.28. The molecule has 0 aromatic heterocycles. The third-order valence-electron chi connectivity index (χ3n) is 3.33. The highest BCUT2D eigenvalue weighted by Crippen LogP contribution is 2.08. The van der Waals surface area contributed by atoms with E-state index in [1.54, 1.807) is 13.8 Å². The van der Waals surface area contributed by atoms with Gasteiger partial charge in [-0.15, -0.1) is 0 Å². The second-order valence-corrected chi connectivity index (χ2v) is 6.21. The van der Waals surface area contributed by atoms with E-state index in [4.69, 9.17) is 5.11 Å². The van der Waals surface area contributed by atoms with Gasteiger partial charge in [-0.3, -0.25) is 19.4 Å². The molecule has 7 heteroatoms. The molecule has 0 aliphatic carbocycles. The first kappa shape index (κ1) is 17.9. The van der Waals surface area contributed by atoms with E-state index in [9.17, 15) is 14.7 Å². The molecule has 0 atom stereocenters. The monoisotopic (exact) mass is 301 g/mol. The van der Waals surface area contributed by atoms with Crippen molar-refractivity contribution < 1.29 is 19.8 Å². The molecule has 1 saturated heterocycles. The Labute approximate surface area is 125 Å². The molecule has 0 aromatic rings. The lowest BCUT2D eigenvalue weighted by Gasteiger charge is -2.36. The summed E-state index contributed by atoms with van der Waals surface area (Å²) in [7, 11) is 0. The van der Waals surface area contributed by atoms with Gasteiger partial charge >= 0.3 is 5.97 Å². The second-order valence-electron chi connectivity index (χ2n) is 6.21. The summed E-state index contributed by atoms with van der Waals surface area (Å²) in [4.78, 5) is 26.3. The number of carbonyl (C=O) groups is 2. The first-order valence-electron chi connectivity index (χ1n) is 7.42. The topological polar surface area (TPSA) is 93.1 Å². The van der Waals surface area contributed by atoms with E-state index in [-0.39, 0.29) is 12.3 Å². The standard InChI is InChI=1S/C14H27N3O4/c1-14(2,21)11-17-8-6-16(7-9-17)10-12(18)15-5-3-4-13(19)20/h21H,3-11H2,1-2H3,(H,15,18)(H,19,20). The lowest BCUT2D eigenvalue weighted by molar-refractivity contribution is -0.137. The van der Waals surface area contributed by atoms with Crippen LogP contribution in [0.15, 0.2) is 0 Å². The van der Waals surface area contributed by atoms with Gasteiger partial charge in [-0.05, 0) is 20.3 Å². The number of aliphatic hydroxyl groups is 1. The van der Waals surface area contributed by atoms with Gasteiger partial charge in [0.25, 0.3) is 0 Å². The van der Waals surface area contributed by atoms with E-state index < -0.39 is 11.6 Å². The van der Waals surface area contributed by atoms with E-state index in [1.807, 2.05) is 0 Å². The van der Waals surface area contributed by atoms with Crippen LogP contribution in [0, 0.1) is 0 Å². The summed E-state index contributed by atoms with van der Waals surface area (Å²) in [5.41, 5.74) is -0.691. The Kier molecular flexibility index (Phi) is 7.07. The largest absolute Gasteiger partial charge is 0.481 e. The van der Waals surface area contributed by atoms with Crippen molar-refractivity contribution in [3.05, 3.63) is 0 Å². The van der Waals surface area contributed by atoms with Crippen LogP contribution in [0.5, 0.6) is 0 Å². The Morgan fingerprint density at radius 2 is 1.71 bits per heavy atom. The van der Waals surface area contributed by atoms with Crippen LogP contribution >= 0.6 is 0 Å². The van der Waals surface area contributed by atoms with Crippen molar-refractivity contribution in [3.8, 4) is 0 Å². The number of nitrogens with one attached hydrogen (secondary N) is 1. The smallest absolute Gasteiger partial charge is 0.303 e. The molecule has 1 amide bonds. The first-order valence-corrected chi connectivity index (χ1v) is 7.42. The molecule has 7 nitrogen and oxygen atoms in total. The van der Waals surface area contributed by atoms with Crippen molar-refractivity contribution in [1.82, 2.24) is 15.1 Å². The van der Waals surface area contributed by atoms with Gasteiger partial charge in [0, 0.05) is 45.7 Å². The molecule has 0 aromatic carbocycles. The fourth-order valence-electron chi connectivity index (χ4n) is 2.38. The van der Waals surface area contributed by atoms with E-state index in [1.165, 1.54) is 0 Å². The third-order valence-corrected chi connectivity index (χ3v) is 3.33. The van der Waals surface area contributed by atoms with E-state index in [0.717, 1.165) is 26.2 Å².